The van der Waals surface area contributed by atoms with Crippen LogP contribution in [0.15, 0.2) is 120 Å². The Hall–Kier alpha value is -4.61. The number of furan rings is 1. The molecule has 0 saturated heterocycles. The molecule has 4 nitrogen and oxygen atoms in total. The van der Waals surface area contributed by atoms with Crippen molar-refractivity contribution in [2.75, 3.05) is 0 Å². The van der Waals surface area contributed by atoms with Gasteiger partial charge in [-0.1, -0.05) is 112 Å². The van der Waals surface area contributed by atoms with Crippen LogP contribution < -0.4 is 5.19 Å². The fourth-order valence-corrected chi connectivity index (χ4v) is 8.09. The largest absolute Gasteiger partial charge is 0.501 e. The summed E-state index contributed by atoms with van der Waals surface area (Å²) in [6.45, 7) is 16.9. The normalized spacial score (nSPS) is 12.6. The molecular formula is C46H45IrN3OSi-2. The van der Waals surface area contributed by atoms with Gasteiger partial charge in [0, 0.05) is 40.1 Å². The van der Waals surface area contributed by atoms with Crippen molar-refractivity contribution in [3.63, 3.8) is 0 Å². The number of hydrogen-bond donors (Lipinski definition) is 0. The summed E-state index contributed by atoms with van der Waals surface area (Å²) in [4.78, 5) is 9.64. The van der Waals surface area contributed by atoms with Gasteiger partial charge in [0.25, 0.3) is 0 Å². The van der Waals surface area contributed by atoms with Crippen LogP contribution in [0.4, 0.5) is 0 Å². The number of aryl methyl sites for hydroxylation is 2. The van der Waals surface area contributed by atoms with Gasteiger partial charge in [-0.25, -0.2) is 0 Å². The maximum absolute atomic E-state index is 8.75. The maximum Gasteiger partial charge on any atom is 0.120 e. The molecule has 0 unspecified atom stereocenters. The maximum atomic E-state index is 8.75. The first-order chi connectivity index (χ1) is 25.2. The van der Waals surface area contributed by atoms with Crippen molar-refractivity contribution >= 4 is 46.2 Å². The zero-order chi connectivity index (χ0) is 37.7. The average molecular weight is 878 g/mol. The van der Waals surface area contributed by atoms with Gasteiger partial charge in [-0.3, -0.25) is 4.98 Å². The molecule has 6 heteroatoms. The van der Waals surface area contributed by atoms with Crippen molar-refractivity contribution in [2.24, 2.45) is 5.41 Å². The molecule has 3 aromatic heterocycles. The Balaban J connectivity index is 0.000000188. The summed E-state index contributed by atoms with van der Waals surface area (Å²) in [5, 5.41) is 3.29. The Bertz CT molecular complexity index is 2580. The molecule has 0 atom stereocenters. The molecule has 0 aliphatic heterocycles. The van der Waals surface area contributed by atoms with E-state index in [9.17, 15) is 0 Å². The van der Waals surface area contributed by atoms with E-state index < -0.39 is 19.9 Å². The smallest absolute Gasteiger partial charge is 0.120 e. The predicted molar refractivity (Wildman–Crippen MR) is 217 cm³/mol. The molecule has 8 rings (SSSR count). The van der Waals surface area contributed by atoms with Gasteiger partial charge in [0.1, 0.15) is 5.58 Å². The minimum atomic E-state index is -1.70. The molecule has 0 bridgehead atoms. The van der Waals surface area contributed by atoms with E-state index in [2.05, 4.69) is 104 Å². The third-order valence-corrected chi connectivity index (χ3v) is 11.0. The van der Waals surface area contributed by atoms with Crippen LogP contribution in [0.3, 0.4) is 0 Å². The first kappa shape index (κ1) is 34.5. The second-order valence-electron chi connectivity index (χ2n) is 15.2. The van der Waals surface area contributed by atoms with Crippen molar-refractivity contribution < 1.29 is 27.3 Å². The fraction of sp³-hybridized carbons (Fsp3) is 0.217. The molecule has 0 aliphatic rings. The van der Waals surface area contributed by atoms with Crippen LogP contribution in [-0.4, -0.2) is 22.6 Å². The van der Waals surface area contributed by atoms with Crippen LogP contribution in [0.1, 0.15) is 40.2 Å². The van der Waals surface area contributed by atoms with E-state index in [1.807, 2.05) is 87.6 Å². The van der Waals surface area contributed by atoms with Gasteiger partial charge in [0.15, 0.2) is 0 Å². The number of nitrogens with zero attached hydrogens (tertiary/aromatic N) is 3. The quantitative estimate of drug-likeness (QED) is 0.128. The monoisotopic (exact) mass is 878 g/mol. The SMILES string of the molecule is Cc1cccc(C)c1-n1c(-c2[c-]ccc3c2oc2ccccc23)nc2ccccc21.[2H]C([2H])(c1cc(-c2[c-]cccc2)ncc1[Si](C)(C)C)C(C)(C)C.[Ir]. The number of pyridine rings is 1. The van der Waals surface area contributed by atoms with Crippen molar-refractivity contribution in [1.82, 2.24) is 14.5 Å². The first-order valence-corrected chi connectivity index (χ1v) is 21.0. The molecule has 8 aromatic rings. The fourth-order valence-electron chi connectivity index (χ4n) is 6.70. The first-order valence-electron chi connectivity index (χ1n) is 18.5. The van der Waals surface area contributed by atoms with Crippen molar-refractivity contribution in [3.8, 4) is 28.3 Å². The van der Waals surface area contributed by atoms with Crippen LogP contribution in [0.25, 0.3) is 61.3 Å². The van der Waals surface area contributed by atoms with E-state index >= 15 is 0 Å². The number of rotatable bonds is 5. The summed E-state index contributed by atoms with van der Waals surface area (Å²) in [5.74, 6) is 0.846. The molecule has 3 heterocycles. The van der Waals surface area contributed by atoms with Gasteiger partial charge in [0.05, 0.1) is 30.5 Å². The van der Waals surface area contributed by atoms with Crippen LogP contribution >= 0.6 is 0 Å². The summed E-state index contributed by atoms with van der Waals surface area (Å²) in [7, 11) is -1.70. The van der Waals surface area contributed by atoms with Crippen molar-refractivity contribution in [3.05, 3.63) is 144 Å². The number of fused-ring (bicyclic) bond motifs is 4. The van der Waals surface area contributed by atoms with Gasteiger partial charge in [-0.15, -0.1) is 54.1 Å². The van der Waals surface area contributed by atoms with Gasteiger partial charge >= 0.3 is 0 Å². The van der Waals surface area contributed by atoms with E-state index in [1.54, 1.807) is 0 Å². The molecule has 0 aliphatic carbocycles. The summed E-state index contributed by atoms with van der Waals surface area (Å²) >= 11 is 0. The summed E-state index contributed by atoms with van der Waals surface area (Å²) in [6.07, 6.45) is 0.469. The molecule has 0 saturated carbocycles. The minimum Gasteiger partial charge on any atom is -0.501 e. The van der Waals surface area contributed by atoms with E-state index in [0.717, 1.165) is 72.1 Å². The molecule has 5 aromatic carbocycles. The molecular weight excluding hydrogens is 831 g/mol. The predicted octanol–water partition coefficient (Wildman–Crippen LogP) is 11.7. The molecule has 0 spiro atoms. The van der Waals surface area contributed by atoms with Crippen LogP contribution in [0.5, 0.6) is 0 Å². The summed E-state index contributed by atoms with van der Waals surface area (Å²) in [6, 6.07) is 43.1. The Morgan fingerprint density at radius 2 is 1.52 bits per heavy atom. The number of hydrogen-bond acceptors (Lipinski definition) is 3. The minimum absolute atomic E-state index is 0. The Morgan fingerprint density at radius 1 is 0.808 bits per heavy atom. The second-order valence-corrected chi connectivity index (χ2v) is 20.2. The zero-order valence-electron chi connectivity index (χ0n) is 33.1. The van der Waals surface area contributed by atoms with Crippen LogP contribution in [-0.2, 0) is 26.5 Å². The zero-order valence-corrected chi connectivity index (χ0v) is 34.4. The molecule has 0 N–H and O–H groups in total. The van der Waals surface area contributed by atoms with Crippen LogP contribution in [0, 0.1) is 31.4 Å². The van der Waals surface area contributed by atoms with E-state index in [0.29, 0.717) is 0 Å². The van der Waals surface area contributed by atoms with E-state index in [-0.39, 0.29) is 20.1 Å². The van der Waals surface area contributed by atoms with Crippen molar-refractivity contribution in [2.45, 2.75) is 60.6 Å². The Labute approximate surface area is 325 Å². The average Bonchev–Trinajstić information content (AvgIpc) is 3.70. The molecule has 0 amide bonds. The Morgan fingerprint density at radius 3 is 2.23 bits per heavy atom. The standard InChI is InChI=1S/C27H19N2O.C19H26NSi.Ir/c1-17-9-7-10-18(2)25(17)29-23-15-5-4-14-22(23)28-27(29)21-13-8-12-20-19-11-3-6-16-24(19)30-26(20)21;1-19(2,3)13-16-12-17(15-10-8-7-9-11-15)20-14-18(16)21(4,5)6;/h3-12,14-16H,1-2H3;7-10,12,14H,13H2,1-6H3;/q2*-1;/i;13D2;. The van der Waals surface area contributed by atoms with E-state index in [4.69, 9.17) is 12.1 Å². The third kappa shape index (κ3) is 7.47. The van der Waals surface area contributed by atoms with Gasteiger partial charge in [-0.05, 0) is 65.8 Å². The van der Waals surface area contributed by atoms with Crippen molar-refractivity contribution in [1.29, 1.82) is 0 Å². The molecule has 265 valence electrons. The van der Waals surface area contributed by atoms with Gasteiger partial charge < -0.3 is 14.0 Å². The topological polar surface area (TPSA) is 43.9 Å². The second kappa shape index (κ2) is 14.8. The molecule has 52 heavy (non-hydrogen) atoms. The molecule has 1 radical (unpaired) electrons. The number of benzene rings is 5. The third-order valence-electron chi connectivity index (χ3n) is 8.99. The number of para-hydroxylation sites is 4. The summed E-state index contributed by atoms with van der Waals surface area (Å²) < 4.78 is 26.0. The Kier molecular flexibility index (Phi) is 9.80. The molecule has 0 fully saturated rings. The van der Waals surface area contributed by atoms with E-state index in [1.165, 1.54) is 11.1 Å². The number of aromatic nitrogens is 3. The van der Waals surface area contributed by atoms with Gasteiger partial charge in [-0.2, -0.15) is 0 Å². The van der Waals surface area contributed by atoms with Crippen LogP contribution in [0.2, 0.25) is 19.6 Å². The summed E-state index contributed by atoms with van der Waals surface area (Å²) in [5.41, 5.74) is 10.2. The number of imidazole rings is 1. The van der Waals surface area contributed by atoms with Gasteiger partial charge in [0.2, 0.25) is 0 Å².